The van der Waals surface area contributed by atoms with Gasteiger partial charge in [-0.2, -0.15) is 0 Å². The summed E-state index contributed by atoms with van der Waals surface area (Å²) >= 11 is 1.56. The predicted octanol–water partition coefficient (Wildman–Crippen LogP) is 3.11. The van der Waals surface area contributed by atoms with Gasteiger partial charge >= 0.3 is 0 Å². The standard InChI is InChI=1S/C17H18N2O3S/c1-11(13-3-5-15-16(9-13)22-8-7-21-15)18-17(20)6-4-14-10-23-12(2)19-14/h3-6,9-11H,7-8H2,1-2H3,(H,18,20)/b6-4+. The van der Waals surface area contributed by atoms with Crippen LogP contribution in [0.25, 0.3) is 6.08 Å². The Morgan fingerprint density at radius 2 is 2.13 bits per heavy atom. The molecule has 23 heavy (non-hydrogen) atoms. The number of hydrogen-bond acceptors (Lipinski definition) is 5. The fourth-order valence-corrected chi connectivity index (χ4v) is 2.87. The number of nitrogens with zero attached hydrogens (tertiary/aromatic N) is 1. The van der Waals surface area contributed by atoms with Gasteiger partial charge < -0.3 is 14.8 Å². The third-order valence-electron chi connectivity index (χ3n) is 3.47. The van der Waals surface area contributed by atoms with Gasteiger partial charge in [0.05, 0.1) is 16.7 Å². The molecule has 0 radical (unpaired) electrons. The van der Waals surface area contributed by atoms with Crippen LogP contribution in [0.5, 0.6) is 11.5 Å². The van der Waals surface area contributed by atoms with Gasteiger partial charge in [0.1, 0.15) is 13.2 Å². The summed E-state index contributed by atoms with van der Waals surface area (Å²) in [6.07, 6.45) is 3.22. The normalized spacial score (nSPS) is 14.7. The summed E-state index contributed by atoms with van der Waals surface area (Å²) in [5.41, 5.74) is 1.77. The Kier molecular flexibility index (Phi) is 4.62. The van der Waals surface area contributed by atoms with E-state index in [1.54, 1.807) is 17.4 Å². The Balaban J connectivity index is 1.63. The second-order valence-electron chi connectivity index (χ2n) is 5.26. The topological polar surface area (TPSA) is 60.5 Å². The fraction of sp³-hybridized carbons (Fsp3) is 0.294. The summed E-state index contributed by atoms with van der Waals surface area (Å²) in [6.45, 7) is 4.99. The van der Waals surface area contributed by atoms with E-state index in [2.05, 4.69) is 10.3 Å². The number of fused-ring (bicyclic) bond motifs is 1. The molecular weight excluding hydrogens is 312 g/mol. The SMILES string of the molecule is Cc1nc(/C=C/C(=O)NC(C)c2ccc3c(c2)OCCO3)cs1. The molecule has 1 aliphatic rings. The molecule has 1 aromatic carbocycles. The van der Waals surface area contributed by atoms with Crippen molar-refractivity contribution in [3.05, 3.63) is 45.9 Å². The van der Waals surface area contributed by atoms with Gasteiger partial charge in [-0.15, -0.1) is 11.3 Å². The average Bonchev–Trinajstić information content (AvgIpc) is 2.98. The first-order valence-corrected chi connectivity index (χ1v) is 8.30. The summed E-state index contributed by atoms with van der Waals surface area (Å²) in [5, 5.41) is 5.83. The summed E-state index contributed by atoms with van der Waals surface area (Å²) in [6, 6.07) is 5.60. The number of ether oxygens (including phenoxy) is 2. The first-order chi connectivity index (χ1) is 11.1. The lowest BCUT2D eigenvalue weighted by atomic mass is 10.1. The van der Waals surface area contributed by atoms with E-state index >= 15 is 0 Å². The van der Waals surface area contributed by atoms with Crippen molar-refractivity contribution < 1.29 is 14.3 Å². The Hall–Kier alpha value is -2.34. The smallest absolute Gasteiger partial charge is 0.244 e. The molecule has 2 heterocycles. The van der Waals surface area contributed by atoms with E-state index in [9.17, 15) is 4.79 Å². The number of thiazole rings is 1. The highest BCUT2D eigenvalue weighted by Crippen LogP contribution is 2.32. The summed E-state index contributed by atoms with van der Waals surface area (Å²) in [5.74, 6) is 1.32. The number of hydrogen-bond donors (Lipinski definition) is 1. The highest BCUT2D eigenvalue weighted by Gasteiger charge is 2.15. The molecule has 0 saturated carbocycles. The minimum absolute atomic E-state index is 0.125. The van der Waals surface area contributed by atoms with Crippen molar-refractivity contribution in [2.45, 2.75) is 19.9 Å². The van der Waals surface area contributed by atoms with Crippen LogP contribution >= 0.6 is 11.3 Å². The van der Waals surface area contributed by atoms with Gasteiger partial charge in [-0.3, -0.25) is 4.79 Å². The summed E-state index contributed by atoms with van der Waals surface area (Å²) in [7, 11) is 0. The number of nitrogens with one attached hydrogen (secondary N) is 1. The molecule has 5 nitrogen and oxygen atoms in total. The number of amides is 1. The summed E-state index contributed by atoms with van der Waals surface area (Å²) < 4.78 is 11.1. The van der Waals surface area contributed by atoms with E-state index in [1.807, 2.05) is 37.4 Å². The van der Waals surface area contributed by atoms with Crippen LogP contribution < -0.4 is 14.8 Å². The zero-order valence-corrected chi connectivity index (χ0v) is 13.9. The molecular formula is C17H18N2O3S. The highest BCUT2D eigenvalue weighted by atomic mass is 32.1. The van der Waals surface area contributed by atoms with Crippen molar-refractivity contribution in [3.8, 4) is 11.5 Å². The van der Waals surface area contributed by atoms with Crippen LogP contribution in [-0.4, -0.2) is 24.1 Å². The maximum Gasteiger partial charge on any atom is 0.244 e. The van der Waals surface area contributed by atoms with Gasteiger partial charge in [0.25, 0.3) is 0 Å². The van der Waals surface area contributed by atoms with Crippen LogP contribution in [0.1, 0.15) is 29.2 Å². The minimum atomic E-state index is -0.155. The van der Waals surface area contributed by atoms with Crippen molar-refractivity contribution in [1.82, 2.24) is 10.3 Å². The van der Waals surface area contributed by atoms with Crippen molar-refractivity contribution in [1.29, 1.82) is 0 Å². The lowest BCUT2D eigenvalue weighted by Crippen LogP contribution is -2.25. The Labute approximate surface area is 139 Å². The maximum atomic E-state index is 12.0. The largest absolute Gasteiger partial charge is 0.486 e. The Bertz CT molecular complexity index is 739. The second-order valence-corrected chi connectivity index (χ2v) is 6.32. The maximum absolute atomic E-state index is 12.0. The van der Waals surface area contributed by atoms with E-state index in [1.165, 1.54) is 6.08 Å². The van der Waals surface area contributed by atoms with Crippen molar-refractivity contribution in [2.24, 2.45) is 0 Å². The molecule has 1 unspecified atom stereocenters. The van der Waals surface area contributed by atoms with Crippen molar-refractivity contribution in [3.63, 3.8) is 0 Å². The lowest BCUT2D eigenvalue weighted by molar-refractivity contribution is -0.117. The van der Waals surface area contributed by atoms with Gasteiger partial charge in [0, 0.05) is 11.5 Å². The van der Waals surface area contributed by atoms with Gasteiger partial charge in [0.15, 0.2) is 11.5 Å². The van der Waals surface area contributed by atoms with Gasteiger partial charge in [-0.1, -0.05) is 6.07 Å². The molecule has 1 N–H and O–H groups in total. The number of aryl methyl sites for hydroxylation is 1. The molecule has 0 saturated heterocycles. The van der Waals surface area contributed by atoms with Crippen molar-refractivity contribution in [2.75, 3.05) is 13.2 Å². The van der Waals surface area contributed by atoms with Gasteiger partial charge in [0.2, 0.25) is 5.91 Å². The van der Waals surface area contributed by atoms with Crippen molar-refractivity contribution >= 4 is 23.3 Å². The lowest BCUT2D eigenvalue weighted by Gasteiger charge is -2.20. The molecule has 1 amide bonds. The molecule has 0 spiro atoms. The zero-order valence-electron chi connectivity index (χ0n) is 13.0. The van der Waals surface area contributed by atoms with Crippen LogP contribution in [-0.2, 0) is 4.79 Å². The van der Waals surface area contributed by atoms with Crippen LogP contribution in [0.4, 0.5) is 0 Å². The second kappa shape index (κ2) is 6.83. The van der Waals surface area contributed by atoms with Crippen LogP contribution in [0, 0.1) is 6.92 Å². The first kappa shape index (κ1) is 15.6. The van der Waals surface area contributed by atoms with E-state index in [0.29, 0.717) is 13.2 Å². The zero-order chi connectivity index (χ0) is 16.2. The fourth-order valence-electron chi connectivity index (χ4n) is 2.29. The summed E-state index contributed by atoms with van der Waals surface area (Å²) in [4.78, 5) is 16.3. The van der Waals surface area contributed by atoms with Gasteiger partial charge in [-0.25, -0.2) is 4.98 Å². The number of carbonyl (C=O) groups excluding carboxylic acids is 1. The molecule has 2 aromatic rings. The molecule has 0 bridgehead atoms. The molecule has 1 atom stereocenters. The predicted molar refractivity (Wildman–Crippen MR) is 89.9 cm³/mol. The van der Waals surface area contributed by atoms with E-state index in [-0.39, 0.29) is 11.9 Å². The number of benzene rings is 1. The van der Waals surface area contributed by atoms with Gasteiger partial charge in [-0.05, 0) is 37.6 Å². The Morgan fingerprint density at radius 3 is 2.87 bits per heavy atom. The van der Waals surface area contributed by atoms with E-state index in [0.717, 1.165) is 27.8 Å². The van der Waals surface area contributed by atoms with Crippen LogP contribution in [0.15, 0.2) is 29.7 Å². The monoisotopic (exact) mass is 330 g/mol. The molecule has 0 fully saturated rings. The molecule has 3 rings (SSSR count). The van der Waals surface area contributed by atoms with E-state index in [4.69, 9.17) is 9.47 Å². The van der Waals surface area contributed by atoms with Crippen LogP contribution in [0.3, 0.4) is 0 Å². The van der Waals surface area contributed by atoms with Crippen LogP contribution in [0.2, 0.25) is 0 Å². The first-order valence-electron chi connectivity index (χ1n) is 7.42. The number of aromatic nitrogens is 1. The number of rotatable bonds is 4. The molecule has 6 heteroatoms. The molecule has 120 valence electrons. The van der Waals surface area contributed by atoms with E-state index < -0.39 is 0 Å². The molecule has 1 aliphatic heterocycles. The minimum Gasteiger partial charge on any atom is -0.486 e. The third-order valence-corrected chi connectivity index (χ3v) is 4.26. The molecule has 0 aliphatic carbocycles. The number of carbonyl (C=O) groups is 1. The molecule has 1 aromatic heterocycles. The third kappa shape index (κ3) is 3.90. The Morgan fingerprint density at radius 1 is 1.35 bits per heavy atom. The highest BCUT2D eigenvalue weighted by molar-refractivity contribution is 7.09. The quantitative estimate of drug-likeness (QED) is 0.875. The average molecular weight is 330 g/mol.